The van der Waals surface area contributed by atoms with E-state index in [-0.39, 0.29) is 41.0 Å². The summed E-state index contributed by atoms with van der Waals surface area (Å²) in [5.41, 5.74) is 18.0. The summed E-state index contributed by atoms with van der Waals surface area (Å²) in [6.45, 7) is 2.66. The predicted octanol–water partition coefficient (Wildman–Crippen LogP) is 1.60. The Morgan fingerprint density at radius 2 is 1.93 bits per heavy atom. The quantitative estimate of drug-likeness (QED) is 0.292. The number of hydrogen-bond acceptors (Lipinski definition) is 7. The minimum atomic E-state index is -0.532. The SMILES string of the molecule is CCC[C@H](CNC(=O)c1nc(Cl)c(N)nc1N)N(Cc1ccc(OC)cc1)C(=N)N. The lowest BCUT2D eigenvalue weighted by Crippen LogP contribution is -2.49. The average Bonchev–Trinajstić information content (AvgIpc) is 2.72. The Bertz CT molecular complexity index is 891. The van der Waals surface area contributed by atoms with Crippen LogP contribution in [0.4, 0.5) is 11.6 Å². The summed E-state index contributed by atoms with van der Waals surface area (Å²) < 4.78 is 5.17. The fourth-order valence-electron chi connectivity index (χ4n) is 2.94. The van der Waals surface area contributed by atoms with Crippen LogP contribution in [0, 0.1) is 5.41 Å². The van der Waals surface area contributed by atoms with E-state index in [9.17, 15) is 4.79 Å². The number of amides is 1. The van der Waals surface area contributed by atoms with Crippen LogP contribution in [0.5, 0.6) is 5.75 Å². The highest BCUT2D eigenvalue weighted by Crippen LogP contribution is 2.18. The van der Waals surface area contributed by atoms with Crippen molar-refractivity contribution >= 4 is 35.1 Å². The molecule has 0 saturated heterocycles. The van der Waals surface area contributed by atoms with Gasteiger partial charge >= 0.3 is 0 Å². The van der Waals surface area contributed by atoms with Gasteiger partial charge in [-0.25, -0.2) is 9.97 Å². The van der Waals surface area contributed by atoms with Gasteiger partial charge in [-0.2, -0.15) is 0 Å². The van der Waals surface area contributed by atoms with Crippen molar-refractivity contribution in [1.29, 1.82) is 5.41 Å². The molecule has 0 aliphatic heterocycles. The summed E-state index contributed by atoms with van der Waals surface area (Å²) in [7, 11) is 1.60. The lowest BCUT2D eigenvalue weighted by molar-refractivity contribution is 0.0936. The normalized spacial score (nSPS) is 11.6. The van der Waals surface area contributed by atoms with Crippen molar-refractivity contribution in [1.82, 2.24) is 20.2 Å². The number of nitrogens with zero attached hydrogens (tertiary/aromatic N) is 3. The van der Waals surface area contributed by atoms with E-state index in [0.717, 1.165) is 17.7 Å². The summed E-state index contributed by atoms with van der Waals surface area (Å²) in [5.74, 6) is -0.0319. The van der Waals surface area contributed by atoms with Crippen LogP contribution in [0.3, 0.4) is 0 Å². The van der Waals surface area contributed by atoms with Gasteiger partial charge in [-0.05, 0) is 24.1 Å². The Morgan fingerprint density at radius 3 is 2.50 bits per heavy atom. The molecule has 0 fully saturated rings. The fourth-order valence-corrected chi connectivity index (χ4v) is 3.07. The topological polar surface area (TPSA) is 169 Å². The van der Waals surface area contributed by atoms with Crippen molar-refractivity contribution < 1.29 is 9.53 Å². The second-order valence-electron chi connectivity index (χ2n) is 6.65. The first-order chi connectivity index (χ1) is 14.3. The van der Waals surface area contributed by atoms with Gasteiger partial charge in [0, 0.05) is 19.1 Å². The molecule has 2 rings (SSSR count). The molecule has 0 spiro atoms. The number of nitrogen functional groups attached to an aromatic ring is 2. The molecule has 2 aromatic rings. The second-order valence-corrected chi connectivity index (χ2v) is 7.01. The molecule has 0 bridgehead atoms. The molecule has 0 aliphatic rings. The van der Waals surface area contributed by atoms with Crippen LogP contribution < -0.4 is 27.3 Å². The summed E-state index contributed by atoms with van der Waals surface area (Å²) in [4.78, 5) is 22.0. The van der Waals surface area contributed by atoms with Crippen LogP contribution in [0.1, 0.15) is 35.8 Å². The lowest BCUT2D eigenvalue weighted by Gasteiger charge is -2.32. The van der Waals surface area contributed by atoms with Gasteiger partial charge in [-0.1, -0.05) is 37.1 Å². The first-order valence-electron chi connectivity index (χ1n) is 9.37. The van der Waals surface area contributed by atoms with Crippen LogP contribution in [-0.2, 0) is 6.54 Å². The Labute approximate surface area is 180 Å². The second kappa shape index (κ2) is 10.5. The van der Waals surface area contributed by atoms with Crippen molar-refractivity contribution in [2.45, 2.75) is 32.4 Å². The number of ether oxygens (including phenoxy) is 1. The molecule has 10 nitrogen and oxygen atoms in total. The van der Waals surface area contributed by atoms with Gasteiger partial charge in [0.25, 0.3) is 5.91 Å². The number of anilines is 2. The third-order valence-corrected chi connectivity index (χ3v) is 4.78. The van der Waals surface area contributed by atoms with Crippen LogP contribution >= 0.6 is 11.6 Å². The molecule has 30 heavy (non-hydrogen) atoms. The van der Waals surface area contributed by atoms with E-state index in [2.05, 4.69) is 15.3 Å². The molecule has 1 atom stereocenters. The average molecular weight is 435 g/mol. The maximum atomic E-state index is 12.5. The molecule has 0 radical (unpaired) electrons. The number of aromatic nitrogens is 2. The van der Waals surface area contributed by atoms with Crippen molar-refractivity contribution in [3.05, 3.63) is 40.7 Å². The molecule has 11 heteroatoms. The van der Waals surface area contributed by atoms with Gasteiger partial charge in [0.05, 0.1) is 7.11 Å². The summed E-state index contributed by atoms with van der Waals surface area (Å²) in [5, 5.41) is 10.7. The van der Waals surface area contributed by atoms with Crippen LogP contribution in [-0.4, -0.2) is 46.4 Å². The molecule has 1 aromatic carbocycles. The van der Waals surface area contributed by atoms with Crippen molar-refractivity contribution in [3.63, 3.8) is 0 Å². The zero-order valence-electron chi connectivity index (χ0n) is 17.0. The van der Waals surface area contributed by atoms with Crippen LogP contribution in [0.2, 0.25) is 5.15 Å². The summed E-state index contributed by atoms with van der Waals surface area (Å²) in [6.07, 6.45) is 1.54. The number of methoxy groups -OCH3 is 1. The molecule has 0 unspecified atom stereocenters. The number of benzene rings is 1. The van der Waals surface area contributed by atoms with E-state index in [0.29, 0.717) is 13.0 Å². The molecule has 0 aliphatic carbocycles. The van der Waals surface area contributed by atoms with Gasteiger partial charge in [0.1, 0.15) is 5.75 Å². The van der Waals surface area contributed by atoms with Gasteiger partial charge in [0.15, 0.2) is 28.4 Å². The van der Waals surface area contributed by atoms with E-state index < -0.39 is 5.91 Å². The highest BCUT2D eigenvalue weighted by molar-refractivity contribution is 6.31. The predicted molar refractivity (Wildman–Crippen MR) is 117 cm³/mol. The monoisotopic (exact) mass is 434 g/mol. The largest absolute Gasteiger partial charge is 0.497 e. The van der Waals surface area contributed by atoms with E-state index in [4.69, 9.17) is 38.9 Å². The zero-order chi connectivity index (χ0) is 22.3. The molecule has 162 valence electrons. The maximum Gasteiger partial charge on any atom is 0.273 e. The fraction of sp³-hybridized carbons (Fsp3) is 0.368. The highest BCUT2D eigenvalue weighted by Gasteiger charge is 2.22. The third kappa shape index (κ3) is 5.86. The number of carbonyl (C=O) groups excluding carboxylic acids is 1. The first kappa shape index (κ1) is 23.0. The molecule has 1 heterocycles. The number of carbonyl (C=O) groups is 1. The highest BCUT2D eigenvalue weighted by atomic mass is 35.5. The van der Waals surface area contributed by atoms with Gasteiger partial charge < -0.3 is 32.2 Å². The van der Waals surface area contributed by atoms with Gasteiger partial charge in [0.2, 0.25) is 0 Å². The third-order valence-electron chi connectivity index (χ3n) is 4.50. The number of nitrogens with one attached hydrogen (secondary N) is 2. The van der Waals surface area contributed by atoms with Crippen LogP contribution in [0.25, 0.3) is 0 Å². The van der Waals surface area contributed by atoms with Gasteiger partial charge in [-0.15, -0.1) is 0 Å². The Kier molecular flexibility index (Phi) is 8.05. The van der Waals surface area contributed by atoms with Gasteiger partial charge in [-0.3, -0.25) is 10.2 Å². The Morgan fingerprint density at radius 1 is 1.27 bits per heavy atom. The molecule has 1 aromatic heterocycles. The summed E-state index contributed by atoms with van der Waals surface area (Å²) >= 11 is 5.85. The number of nitrogens with two attached hydrogens (primary N) is 3. The number of guanidine groups is 1. The van der Waals surface area contributed by atoms with Crippen molar-refractivity contribution in [3.8, 4) is 5.75 Å². The van der Waals surface area contributed by atoms with E-state index in [1.54, 1.807) is 12.0 Å². The molecular weight excluding hydrogens is 408 g/mol. The minimum absolute atomic E-state index is 0.0446. The van der Waals surface area contributed by atoms with Crippen molar-refractivity contribution in [2.75, 3.05) is 25.1 Å². The molecule has 8 N–H and O–H groups in total. The summed E-state index contributed by atoms with van der Waals surface area (Å²) in [6, 6.07) is 7.29. The lowest BCUT2D eigenvalue weighted by atomic mass is 10.1. The zero-order valence-corrected chi connectivity index (χ0v) is 17.7. The first-order valence-corrected chi connectivity index (χ1v) is 9.74. The van der Waals surface area contributed by atoms with E-state index >= 15 is 0 Å². The van der Waals surface area contributed by atoms with Crippen LogP contribution in [0.15, 0.2) is 24.3 Å². The molecule has 1 amide bonds. The standard InChI is InChI=1S/C19H27ClN8O2/c1-3-4-12(9-25-18(29)14-16(21)27-17(22)15(20)26-14)28(19(23)24)10-11-5-7-13(30-2)8-6-11/h5-8,12H,3-4,9-10H2,1-2H3,(H3,23,24)(H,25,29)(H4,21,22,27)/t12-/m1/s1. The minimum Gasteiger partial charge on any atom is -0.497 e. The van der Waals surface area contributed by atoms with E-state index in [1.165, 1.54) is 0 Å². The Balaban J connectivity index is 2.13. The smallest absolute Gasteiger partial charge is 0.273 e. The van der Waals surface area contributed by atoms with Crippen molar-refractivity contribution in [2.24, 2.45) is 5.73 Å². The van der Waals surface area contributed by atoms with E-state index in [1.807, 2.05) is 31.2 Å². The molecular formula is C19H27ClN8O2. The molecule has 0 saturated carbocycles. The number of hydrogen-bond donors (Lipinski definition) is 5. The number of rotatable bonds is 9. The Hall–Kier alpha value is -3.27. The maximum absolute atomic E-state index is 12.5. The number of halogens is 1.